The second kappa shape index (κ2) is 7.84. The van der Waals surface area contributed by atoms with E-state index in [1.165, 1.54) is 6.07 Å². The summed E-state index contributed by atoms with van der Waals surface area (Å²) >= 11 is 0. The van der Waals surface area contributed by atoms with Gasteiger partial charge in [-0.2, -0.15) is 0 Å². The second-order valence-corrected chi connectivity index (χ2v) is 9.42. The Labute approximate surface area is 177 Å². The molecule has 2 amide bonds. The third-order valence-electron chi connectivity index (χ3n) is 7.54. The van der Waals surface area contributed by atoms with E-state index in [-0.39, 0.29) is 17.8 Å². The standard InChI is InChI=1S/C23H31FN4O2/c1-14-5-7-19(24)18-12-20(26-22(14)18)23(30)25-15-3-2-4-16(11-15)27-9-10-28-17(13-27)6-8-21(28)29/h5,7,15-17,20,26H,2-4,6,8-13H2,1H3,(H,25,30)/t15-,16+,17+,20?/m1/s1. The highest BCUT2D eigenvalue weighted by molar-refractivity contribution is 5.88. The second-order valence-electron chi connectivity index (χ2n) is 9.42. The summed E-state index contributed by atoms with van der Waals surface area (Å²) in [4.78, 5) is 29.5. The first-order chi connectivity index (χ1) is 14.5. The maximum atomic E-state index is 14.1. The molecule has 1 unspecified atom stereocenters. The van der Waals surface area contributed by atoms with Gasteiger partial charge in [0, 0.05) is 61.9 Å². The number of hydrogen-bond donors (Lipinski definition) is 2. The molecule has 4 aliphatic rings. The molecule has 5 rings (SSSR count). The van der Waals surface area contributed by atoms with Crippen LogP contribution in [0.4, 0.5) is 10.1 Å². The van der Waals surface area contributed by atoms with Crippen LogP contribution in [-0.4, -0.2) is 65.4 Å². The Balaban J connectivity index is 1.17. The van der Waals surface area contributed by atoms with Crippen LogP contribution in [0, 0.1) is 12.7 Å². The summed E-state index contributed by atoms with van der Waals surface area (Å²) < 4.78 is 14.1. The van der Waals surface area contributed by atoms with Crippen molar-refractivity contribution in [3.05, 3.63) is 29.1 Å². The monoisotopic (exact) mass is 414 g/mol. The minimum atomic E-state index is -0.399. The first-order valence-electron chi connectivity index (χ1n) is 11.4. The Morgan fingerprint density at radius 3 is 2.90 bits per heavy atom. The van der Waals surface area contributed by atoms with Crippen molar-refractivity contribution < 1.29 is 14.0 Å². The third-order valence-corrected chi connectivity index (χ3v) is 7.54. The van der Waals surface area contributed by atoms with Crippen molar-refractivity contribution in [2.24, 2.45) is 0 Å². The summed E-state index contributed by atoms with van der Waals surface area (Å²) in [7, 11) is 0. The first kappa shape index (κ1) is 19.8. The molecule has 30 heavy (non-hydrogen) atoms. The van der Waals surface area contributed by atoms with Gasteiger partial charge in [-0.3, -0.25) is 14.5 Å². The predicted octanol–water partition coefficient (Wildman–Crippen LogP) is 2.20. The van der Waals surface area contributed by atoms with Gasteiger partial charge in [0.25, 0.3) is 0 Å². The molecule has 2 saturated heterocycles. The Hall–Kier alpha value is -2.15. The molecule has 1 aromatic rings. The molecule has 7 heteroatoms. The number of hydrogen-bond acceptors (Lipinski definition) is 4. The highest BCUT2D eigenvalue weighted by atomic mass is 19.1. The smallest absolute Gasteiger partial charge is 0.243 e. The van der Waals surface area contributed by atoms with E-state index in [0.717, 1.165) is 63.0 Å². The molecule has 0 radical (unpaired) electrons. The maximum absolute atomic E-state index is 14.1. The number of fused-ring (bicyclic) bond motifs is 2. The molecule has 1 saturated carbocycles. The molecule has 0 spiro atoms. The van der Waals surface area contributed by atoms with Crippen molar-refractivity contribution >= 4 is 17.5 Å². The number of carbonyl (C=O) groups excluding carboxylic acids is 2. The number of nitrogens with one attached hydrogen (secondary N) is 2. The van der Waals surface area contributed by atoms with Gasteiger partial charge in [-0.15, -0.1) is 0 Å². The van der Waals surface area contributed by atoms with E-state index in [9.17, 15) is 14.0 Å². The minimum Gasteiger partial charge on any atom is -0.373 e. The Morgan fingerprint density at radius 1 is 1.20 bits per heavy atom. The van der Waals surface area contributed by atoms with Gasteiger partial charge in [0.05, 0.1) is 0 Å². The van der Waals surface area contributed by atoms with Crippen LogP contribution >= 0.6 is 0 Å². The quantitative estimate of drug-likeness (QED) is 0.796. The van der Waals surface area contributed by atoms with Gasteiger partial charge in [0.15, 0.2) is 0 Å². The van der Waals surface area contributed by atoms with E-state index < -0.39 is 6.04 Å². The fraction of sp³-hybridized carbons (Fsp3) is 0.652. The molecule has 3 aliphatic heterocycles. The van der Waals surface area contributed by atoms with Gasteiger partial charge in [-0.05, 0) is 50.7 Å². The topological polar surface area (TPSA) is 64.7 Å². The Kier molecular flexibility index (Phi) is 5.17. The number of rotatable bonds is 3. The molecule has 162 valence electrons. The molecule has 0 aromatic heterocycles. The van der Waals surface area contributed by atoms with Crippen molar-refractivity contribution in [2.75, 3.05) is 25.0 Å². The van der Waals surface area contributed by atoms with Crippen molar-refractivity contribution in [1.29, 1.82) is 0 Å². The molecule has 6 nitrogen and oxygen atoms in total. The minimum absolute atomic E-state index is 0.0261. The van der Waals surface area contributed by atoms with Gasteiger partial charge in [-0.25, -0.2) is 4.39 Å². The molecule has 0 bridgehead atoms. The lowest BCUT2D eigenvalue weighted by Crippen LogP contribution is -2.56. The van der Waals surface area contributed by atoms with Crippen molar-refractivity contribution in [3.8, 4) is 0 Å². The molecular weight excluding hydrogens is 383 g/mol. The lowest BCUT2D eigenvalue weighted by molar-refractivity contribution is -0.131. The number of carbonyl (C=O) groups is 2. The van der Waals surface area contributed by atoms with E-state index in [0.29, 0.717) is 36.4 Å². The number of benzene rings is 1. The number of nitrogens with zero attached hydrogens (tertiary/aromatic N) is 2. The average Bonchev–Trinajstić information content (AvgIpc) is 3.36. The molecule has 3 fully saturated rings. The van der Waals surface area contributed by atoms with Crippen LogP contribution in [-0.2, 0) is 16.0 Å². The van der Waals surface area contributed by atoms with Gasteiger partial charge >= 0.3 is 0 Å². The SMILES string of the molecule is Cc1ccc(F)c2c1NC(C(=O)N[C@@H]1CCC[C@H](N3CCN4C(=O)CC[C@H]4C3)C1)C2. The van der Waals surface area contributed by atoms with Crippen LogP contribution in [0.5, 0.6) is 0 Å². The maximum Gasteiger partial charge on any atom is 0.243 e. The zero-order valence-corrected chi connectivity index (χ0v) is 17.6. The van der Waals surface area contributed by atoms with E-state index >= 15 is 0 Å². The fourth-order valence-corrected chi connectivity index (χ4v) is 5.88. The summed E-state index contributed by atoms with van der Waals surface area (Å²) in [6, 6.07) is 3.85. The summed E-state index contributed by atoms with van der Waals surface area (Å²) in [5.74, 6) is 0.0488. The van der Waals surface area contributed by atoms with E-state index in [1.54, 1.807) is 6.07 Å². The average molecular weight is 415 g/mol. The predicted molar refractivity (Wildman–Crippen MR) is 113 cm³/mol. The fourth-order valence-electron chi connectivity index (χ4n) is 5.88. The lowest BCUT2D eigenvalue weighted by Gasteiger charge is -2.44. The van der Waals surface area contributed by atoms with Crippen LogP contribution in [0.3, 0.4) is 0 Å². The summed E-state index contributed by atoms with van der Waals surface area (Å²) in [6.07, 6.45) is 6.29. The molecule has 4 atom stereocenters. The lowest BCUT2D eigenvalue weighted by atomic mass is 9.89. The highest BCUT2D eigenvalue weighted by Gasteiger charge is 2.39. The van der Waals surface area contributed by atoms with Crippen molar-refractivity contribution in [1.82, 2.24) is 15.1 Å². The molecular formula is C23H31FN4O2. The zero-order valence-electron chi connectivity index (χ0n) is 17.6. The third kappa shape index (κ3) is 3.57. The zero-order chi connectivity index (χ0) is 20.8. The van der Waals surface area contributed by atoms with Crippen LogP contribution in [0.15, 0.2) is 12.1 Å². The van der Waals surface area contributed by atoms with Crippen LogP contribution in [0.25, 0.3) is 0 Å². The number of halogens is 1. The van der Waals surface area contributed by atoms with E-state index in [1.807, 2.05) is 6.92 Å². The van der Waals surface area contributed by atoms with Gasteiger partial charge in [-0.1, -0.05) is 6.07 Å². The van der Waals surface area contributed by atoms with Gasteiger partial charge in [0.2, 0.25) is 11.8 Å². The first-order valence-corrected chi connectivity index (χ1v) is 11.4. The van der Waals surface area contributed by atoms with E-state index in [4.69, 9.17) is 0 Å². The number of anilines is 1. The largest absolute Gasteiger partial charge is 0.373 e. The Bertz CT molecular complexity index is 829. The van der Waals surface area contributed by atoms with Crippen molar-refractivity contribution in [3.63, 3.8) is 0 Å². The number of aryl methyl sites for hydroxylation is 1. The summed E-state index contributed by atoms with van der Waals surface area (Å²) in [5.41, 5.74) is 2.38. The van der Waals surface area contributed by atoms with Gasteiger partial charge in [0.1, 0.15) is 11.9 Å². The molecule has 2 N–H and O–H groups in total. The van der Waals surface area contributed by atoms with Crippen molar-refractivity contribution in [2.45, 2.75) is 76.0 Å². The van der Waals surface area contributed by atoms with Crippen LogP contribution < -0.4 is 10.6 Å². The normalized spacial score (nSPS) is 31.3. The molecule has 1 aliphatic carbocycles. The Morgan fingerprint density at radius 2 is 2.07 bits per heavy atom. The molecule has 1 aromatic carbocycles. The molecule has 3 heterocycles. The number of piperazine rings is 1. The van der Waals surface area contributed by atoms with Gasteiger partial charge < -0.3 is 15.5 Å². The highest BCUT2D eigenvalue weighted by Crippen LogP contribution is 2.32. The number of amides is 2. The van der Waals surface area contributed by atoms with Crippen LogP contribution in [0.1, 0.15) is 49.7 Å². The summed E-state index contributed by atoms with van der Waals surface area (Å²) in [5, 5.41) is 6.48. The summed E-state index contributed by atoms with van der Waals surface area (Å²) in [6.45, 7) is 4.68. The van der Waals surface area contributed by atoms with Crippen LogP contribution in [0.2, 0.25) is 0 Å². The van der Waals surface area contributed by atoms with E-state index in [2.05, 4.69) is 20.4 Å².